The molecule has 1 aromatic rings. The lowest BCUT2D eigenvalue weighted by atomic mass is 9.62. The Kier molecular flexibility index (Phi) is 5.10. The number of likely N-dealkylation sites (tertiary alicyclic amines) is 1. The molecule has 2 aliphatic rings. The second-order valence-electron chi connectivity index (χ2n) is 8.26. The van der Waals surface area contributed by atoms with Gasteiger partial charge in [-0.05, 0) is 62.5 Å². The number of hydrogen-bond donors (Lipinski definition) is 0. The van der Waals surface area contributed by atoms with Gasteiger partial charge in [-0.15, -0.1) is 0 Å². The number of carbonyl (C=O) groups is 1. The molecule has 1 aliphatic carbocycles. The number of nitrogens with zero attached hydrogens (tertiary/aromatic N) is 2. The summed E-state index contributed by atoms with van der Waals surface area (Å²) in [7, 11) is 5.93. The van der Waals surface area contributed by atoms with Crippen molar-refractivity contribution in [2.45, 2.75) is 51.0 Å². The van der Waals surface area contributed by atoms with Crippen molar-refractivity contribution in [3.63, 3.8) is 0 Å². The predicted molar refractivity (Wildman–Crippen MR) is 101 cm³/mol. The van der Waals surface area contributed by atoms with Crippen molar-refractivity contribution in [2.24, 2.45) is 5.92 Å². The first-order chi connectivity index (χ1) is 11.9. The van der Waals surface area contributed by atoms with Gasteiger partial charge in [-0.25, -0.2) is 0 Å². The molecule has 1 heterocycles. The summed E-state index contributed by atoms with van der Waals surface area (Å²) >= 11 is 0. The third kappa shape index (κ3) is 3.41. The standard InChI is InChI=1S/C21H32N2O2/c1-15(2)20(24)23(4)11-9-21-8-10-22(3)17(14-21)12-16-6-7-18(25-5)13-19(16)21/h6-7,13,15,17H,8-12,14H2,1-5H3. The third-order valence-electron chi connectivity index (χ3n) is 6.33. The Hall–Kier alpha value is -1.55. The summed E-state index contributed by atoms with van der Waals surface area (Å²) in [6.07, 6.45) is 4.50. The predicted octanol–water partition coefficient (Wildman–Crippen LogP) is 3.09. The lowest BCUT2D eigenvalue weighted by Crippen LogP contribution is -2.52. The maximum atomic E-state index is 12.3. The number of amides is 1. The minimum atomic E-state index is 0.0615. The van der Waals surface area contributed by atoms with Gasteiger partial charge in [0.25, 0.3) is 0 Å². The summed E-state index contributed by atoms with van der Waals surface area (Å²) in [6, 6.07) is 7.20. The van der Waals surface area contributed by atoms with Gasteiger partial charge in [0, 0.05) is 31.0 Å². The Morgan fingerprint density at radius 2 is 2.20 bits per heavy atom. The second-order valence-corrected chi connectivity index (χ2v) is 8.26. The van der Waals surface area contributed by atoms with Crippen LogP contribution in [-0.2, 0) is 16.6 Å². The number of piperidine rings is 1. The van der Waals surface area contributed by atoms with E-state index in [1.807, 2.05) is 25.8 Å². The van der Waals surface area contributed by atoms with Crippen LogP contribution in [0.15, 0.2) is 18.2 Å². The third-order valence-corrected chi connectivity index (χ3v) is 6.33. The van der Waals surface area contributed by atoms with Crippen molar-refractivity contribution in [1.29, 1.82) is 0 Å². The fourth-order valence-electron chi connectivity index (χ4n) is 4.66. The Bertz CT molecular complexity index is 643. The highest BCUT2D eigenvalue weighted by molar-refractivity contribution is 5.77. The molecule has 4 nitrogen and oxygen atoms in total. The summed E-state index contributed by atoms with van der Waals surface area (Å²) in [6.45, 7) is 5.90. The van der Waals surface area contributed by atoms with Crippen LogP contribution in [0, 0.1) is 5.92 Å². The van der Waals surface area contributed by atoms with Crippen LogP contribution in [0.2, 0.25) is 0 Å². The number of ether oxygens (including phenoxy) is 1. The Labute approximate surface area is 152 Å². The quantitative estimate of drug-likeness (QED) is 0.823. The number of likely N-dealkylation sites (N-methyl/N-ethyl adjacent to an activating group) is 1. The van der Waals surface area contributed by atoms with Crippen LogP contribution < -0.4 is 4.74 Å². The van der Waals surface area contributed by atoms with E-state index in [0.717, 1.165) is 38.1 Å². The fraction of sp³-hybridized carbons (Fsp3) is 0.667. The van der Waals surface area contributed by atoms with Crippen LogP contribution in [0.5, 0.6) is 5.75 Å². The van der Waals surface area contributed by atoms with E-state index >= 15 is 0 Å². The van der Waals surface area contributed by atoms with Crippen LogP contribution in [0.3, 0.4) is 0 Å². The van der Waals surface area contributed by atoms with Gasteiger partial charge in [0.2, 0.25) is 5.91 Å². The molecule has 1 fully saturated rings. The first-order valence-electron chi connectivity index (χ1n) is 9.49. The average Bonchev–Trinajstić information content (AvgIpc) is 2.62. The van der Waals surface area contributed by atoms with Gasteiger partial charge in [0.15, 0.2) is 0 Å². The topological polar surface area (TPSA) is 32.8 Å². The molecule has 0 spiro atoms. The molecular formula is C21H32N2O2. The summed E-state index contributed by atoms with van der Waals surface area (Å²) in [5, 5.41) is 0. The van der Waals surface area contributed by atoms with Gasteiger partial charge >= 0.3 is 0 Å². The molecule has 3 rings (SSSR count). The van der Waals surface area contributed by atoms with Crippen LogP contribution in [0.4, 0.5) is 0 Å². The van der Waals surface area contributed by atoms with Crippen molar-refractivity contribution < 1.29 is 9.53 Å². The highest BCUT2D eigenvalue weighted by Crippen LogP contribution is 2.47. The molecule has 0 saturated carbocycles. The average molecular weight is 344 g/mol. The first-order valence-corrected chi connectivity index (χ1v) is 9.49. The molecule has 0 radical (unpaired) electrons. The highest BCUT2D eigenvalue weighted by Gasteiger charge is 2.44. The zero-order valence-electron chi connectivity index (χ0n) is 16.3. The van der Waals surface area contributed by atoms with Crippen LogP contribution >= 0.6 is 0 Å². The monoisotopic (exact) mass is 344 g/mol. The summed E-state index contributed by atoms with van der Waals surface area (Å²) in [5.41, 5.74) is 3.09. The Morgan fingerprint density at radius 1 is 1.44 bits per heavy atom. The molecule has 1 amide bonds. The second kappa shape index (κ2) is 6.99. The molecular weight excluding hydrogens is 312 g/mol. The van der Waals surface area contributed by atoms with Crippen molar-refractivity contribution in [3.8, 4) is 5.75 Å². The van der Waals surface area contributed by atoms with E-state index in [2.05, 4.69) is 30.1 Å². The molecule has 4 heteroatoms. The zero-order chi connectivity index (χ0) is 18.2. The molecule has 1 aliphatic heterocycles. The minimum absolute atomic E-state index is 0.0615. The maximum Gasteiger partial charge on any atom is 0.224 e. The van der Waals surface area contributed by atoms with E-state index in [1.54, 1.807) is 7.11 Å². The number of rotatable bonds is 5. The van der Waals surface area contributed by atoms with E-state index in [-0.39, 0.29) is 17.2 Å². The van der Waals surface area contributed by atoms with Crippen LogP contribution in [0.1, 0.15) is 44.2 Å². The minimum Gasteiger partial charge on any atom is -0.497 e. The van der Waals surface area contributed by atoms with Crippen LogP contribution in [-0.4, -0.2) is 56.0 Å². The molecule has 1 saturated heterocycles. The zero-order valence-corrected chi connectivity index (χ0v) is 16.3. The van der Waals surface area contributed by atoms with Crippen molar-refractivity contribution >= 4 is 5.91 Å². The van der Waals surface area contributed by atoms with Crippen LogP contribution in [0.25, 0.3) is 0 Å². The number of benzene rings is 1. The normalized spacial score (nSPS) is 25.6. The van der Waals surface area contributed by atoms with Crippen molar-refractivity contribution in [3.05, 3.63) is 29.3 Å². The van der Waals surface area contributed by atoms with E-state index in [4.69, 9.17) is 4.74 Å². The van der Waals surface area contributed by atoms with Gasteiger partial charge in [-0.3, -0.25) is 4.79 Å². The fourth-order valence-corrected chi connectivity index (χ4v) is 4.66. The highest BCUT2D eigenvalue weighted by atomic mass is 16.5. The van der Waals surface area contributed by atoms with Gasteiger partial charge in [-0.2, -0.15) is 0 Å². The Morgan fingerprint density at radius 3 is 2.88 bits per heavy atom. The number of fused-ring (bicyclic) bond motifs is 4. The molecule has 0 N–H and O–H groups in total. The molecule has 138 valence electrons. The molecule has 0 aromatic heterocycles. The summed E-state index contributed by atoms with van der Waals surface area (Å²) in [4.78, 5) is 16.7. The van der Waals surface area contributed by atoms with Gasteiger partial charge in [0.1, 0.15) is 5.75 Å². The number of carbonyl (C=O) groups excluding carboxylic acids is 1. The molecule has 2 atom stereocenters. The number of methoxy groups -OCH3 is 1. The van der Waals surface area contributed by atoms with E-state index in [9.17, 15) is 4.79 Å². The van der Waals surface area contributed by atoms with Gasteiger partial charge in [0.05, 0.1) is 7.11 Å². The SMILES string of the molecule is COc1ccc2c(c1)C1(CCN(C)C(=O)C(C)C)CCN(C)C(C2)C1. The molecule has 2 bridgehead atoms. The molecule has 2 unspecified atom stereocenters. The Balaban J connectivity index is 1.88. The lowest BCUT2D eigenvalue weighted by molar-refractivity contribution is -0.133. The molecule has 25 heavy (non-hydrogen) atoms. The maximum absolute atomic E-state index is 12.3. The molecule has 1 aromatic carbocycles. The van der Waals surface area contributed by atoms with Gasteiger partial charge < -0.3 is 14.5 Å². The first kappa shape index (κ1) is 18.2. The van der Waals surface area contributed by atoms with Crippen molar-refractivity contribution in [1.82, 2.24) is 9.80 Å². The lowest BCUT2D eigenvalue weighted by Gasteiger charge is -2.51. The smallest absolute Gasteiger partial charge is 0.224 e. The summed E-state index contributed by atoms with van der Waals surface area (Å²) in [5.74, 6) is 1.25. The van der Waals surface area contributed by atoms with E-state index in [0.29, 0.717) is 6.04 Å². The van der Waals surface area contributed by atoms with Crippen molar-refractivity contribution in [2.75, 3.05) is 34.3 Å². The van der Waals surface area contributed by atoms with E-state index < -0.39 is 0 Å². The summed E-state index contributed by atoms with van der Waals surface area (Å²) < 4.78 is 5.50. The number of hydrogen-bond acceptors (Lipinski definition) is 3. The van der Waals surface area contributed by atoms with E-state index in [1.165, 1.54) is 17.5 Å². The largest absolute Gasteiger partial charge is 0.497 e. The van der Waals surface area contributed by atoms with Gasteiger partial charge in [-0.1, -0.05) is 19.9 Å².